The van der Waals surface area contributed by atoms with Crippen molar-refractivity contribution in [2.45, 2.75) is 33.1 Å². The molecule has 0 N–H and O–H groups in total. The van der Waals surface area contributed by atoms with Crippen LogP contribution in [0.5, 0.6) is 0 Å². The van der Waals surface area contributed by atoms with E-state index in [0.717, 1.165) is 11.3 Å². The Hall–Kier alpha value is -0.0400. The number of rotatable bonds is 1. The molecule has 1 nitrogen and oxygen atoms in total. The van der Waals surface area contributed by atoms with E-state index in [2.05, 4.69) is 18.7 Å². The lowest BCUT2D eigenvalue weighted by Crippen LogP contribution is -2.40. The highest BCUT2D eigenvalue weighted by Gasteiger charge is 2.49. The molecular weight excluding hydrogens is 134 g/mol. The zero-order valence-electron chi connectivity index (χ0n) is 7.77. The van der Waals surface area contributed by atoms with E-state index in [1.54, 1.807) is 0 Å². The van der Waals surface area contributed by atoms with Gasteiger partial charge in [-0.25, -0.2) is 0 Å². The third-order valence-corrected chi connectivity index (χ3v) is 3.80. The predicted octanol–water partition coefficient (Wildman–Crippen LogP) is 2.13. The van der Waals surface area contributed by atoms with Crippen molar-refractivity contribution in [2.75, 3.05) is 19.6 Å². The van der Waals surface area contributed by atoms with Crippen molar-refractivity contribution in [2.24, 2.45) is 11.3 Å². The molecule has 0 unspecified atom stereocenters. The fourth-order valence-corrected chi connectivity index (χ4v) is 2.44. The monoisotopic (exact) mass is 153 g/mol. The van der Waals surface area contributed by atoms with Crippen LogP contribution in [0.15, 0.2) is 0 Å². The van der Waals surface area contributed by atoms with Crippen LogP contribution in [0, 0.1) is 11.3 Å². The zero-order chi connectivity index (χ0) is 7.90. The summed E-state index contributed by atoms with van der Waals surface area (Å²) in [5, 5.41) is 0. The number of likely N-dealkylation sites (tertiary alicyclic amines) is 1. The SMILES string of the molecule is CCN1CC[C@@H](C)C2(CC2)C1. The Kier molecular flexibility index (Phi) is 1.71. The van der Waals surface area contributed by atoms with Crippen molar-refractivity contribution < 1.29 is 0 Å². The molecule has 1 atom stereocenters. The van der Waals surface area contributed by atoms with Gasteiger partial charge < -0.3 is 4.90 Å². The fourth-order valence-electron chi connectivity index (χ4n) is 2.44. The van der Waals surface area contributed by atoms with Crippen LogP contribution in [0.3, 0.4) is 0 Å². The lowest BCUT2D eigenvalue weighted by Gasteiger charge is -2.36. The molecule has 1 aliphatic heterocycles. The van der Waals surface area contributed by atoms with Gasteiger partial charge in [0.25, 0.3) is 0 Å². The standard InChI is InChI=1S/C10H19N/c1-3-11-7-4-9(2)10(8-11)5-6-10/h9H,3-8H2,1-2H3/t9-/m1/s1. The predicted molar refractivity (Wildman–Crippen MR) is 47.6 cm³/mol. The van der Waals surface area contributed by atoms with Gasteiger partial charge >= 0.3 is 0 Å². The molecule has 2 rings (SSSR count). The molecule has 11 heavy (non-hydrogen) atoms. The quantitative estimate of drug-likeness (QED) is 0.558. The average molecular weight is 153 g/mol. The Balaban J connectivity index is 1.98. The van der Waals surface area contributed by atoms with E-state index < -0.39 is 0 Å². The molecule has 2 aliphatic rings. The molecule has 1 spiro atoms. The molecule has 0 aromatic carbocycles. The molecule has 0 aromatic rings. The Labute approximate surface area is 69.8 Å². The van der Waals surface area contributed by atoms with Crippen molar-refractivity contribution in [1.82, 2.24) is 4.90 Å². The van der Waals surface area contributed by atoms with E-state index in [9.17, 15) is 0 Å². The maximum absolute atomic E-state index is 2.62. The van der Waals surface area contributed by atoms with Gasteiger partial charge in [0.2, 0.25) is 0 Å². The van der Waals surface area contributed by atoms with Gasteiger partial charge in [0.15, 0.2) is 0 Å². The second-order valence-electron chi connectivity index (χ2n) is 4.42. The third kappa shape index (κ3) is 1.20. The Bertz CT molecular complexity index is 149. The number of hydrogen-bond acceptors (Lipinski definition) is 1. The van der Waals surface area contributed by atoms with E-state index in [1.807, 2.05) is 0 Å². The molecule has 0 radical (unpaired) electrons. The van der Waals surface area contributed by atoms with Crippen LogP contribution in [-0.2, 0) is 0 Å². The van der Waals surface area contributed by atoms with Gasteiger partial charge in [0, 0.05) is 6.54 Å². The van der Waals surface area contributed by atoms with E-state index >= 15 is 0 Å². The van der Waals surface area contributed by atoms with Crippen LogP contribution < -0.4 is 0 Å². The number of piperidine rings is 1. The summed E-state index contributed by atoms with van der Waals surface area (Å²) in [4.78, 5) is 2.62. The van der Waals surface area contributed by atoms with Crippen LogP contribution in [0.4, 0.5) is 0 Å². The Morgan fingerprint density at radius 1 is 1.45 bits per heavy atom. The first-order valence-electron chi connectivity index (χ1n) is 4.99. The van der Waals surface area contributed by atoms with Gasteiger partial charge in [-0.1, -0.05) is 13.8 Å². The summed E-state index contributed by atoms with van der Waals surface area (Å²) in [7, 11) is 0. The topological polar surface area (TPSA) is 3.24 Å². The lowest BCUT2D eigenvalue weighted by atomic mass is 9.84. The highest BCUT2D eigenvalue weighted by atomic mass is 15.1. The minimum atomic E-state index is 0.786. The van der Waals surface area contributed by atoms with Crippen LogP contribution >= 0.6 is 0 Å². The molecule has 1 saturated carbocycles. The maximum atomic E-state index is 2.62. The van der Waals surface area contributed by atoms with Crippen LogP contribution in [0.25, 0.3) is 0 Å². The molecule has 0 aromatic heterocycles. The average Bonchev–Trinajstić information content (AvgIpc) is 2.77. The van der Waals surface area contributed by atoms with Crippen molar-refractivity contribution in [3.05, 3.63) is 0 Å². The van der Waals surface area contributed by atoms with Crippen LogP contribution in [0.1, 0.15) is 33.1 Å². The van der Waals surface area contributed by atoms with Gasteiger partial charge in [-0.15, -0.1) is 0 Å². The number of nitrogens with zero attached hydrogens (tertiary/aromatic N) is 1. The zero-order valence-corrected chi connectivity index (χ0v) is 7.77. The molecular formula is C10H19N. The van der Waals surface area contributed by atoms with Gasteiger partial charge in [-0.2, -0.15) is 0 Å². The second-order valence-corrected chi connectivity index (χ2v) is 4.42. The molecule has 2 fully saturated rings. The van der Waals surface area contributed by atoms with Crippen molar-refractivity contribution >= 4 is 0 Å². The molecule has 1 saturated heterocycles. The van der Waals surface area contributed by atoms with E-state index in [1.165, 1.54) is 38.9 Å². The molecule has 1 heteroatoms. The lowest BCUT2D eigenvalue weighted by molar-refractivity contribution is 0.117. The fraction of sp³-hybridized carbons (Fsp3) is 1.00. The van der Waals surface area contributed by atoms with Crippen molar-refractivity contribution in [3.8, 4) is 0 Å². The second kappa shape index (κ2) is 2.48. The molecule has 0 bridgehead atoms. The summed E-state index contributed by atoms with van der Waals surface area (Å²) in [6, 6.07) is 0. The van der Waals surface area contributed by atoms with Gasteiger partial charge in [0.05, 0.1) is 0 Å². The first kappa shape index (κ1) is 7.60. The summed E-state index contributed by atoms with van der Waals surface area (Å²) in [6.07, 6.45) is 4.45. The summed E-state index contributed by atoms with van der Waals surface area (Å²) < 4.78 is 0. The summed E-state index contributed by atoms with van der Waals surface area (Å²) in [5.41, 5.74) is 0.786. The van der Waals surface area contributed by atoms with E-state index in [-0.39, 0.29) is 0 Å². The molecule has 64 valence electrons. The van der Waals surface area contributed by atoms with Gasteiger partial charge in [0.1, 0.15) is 0 Å². The Morgan fingerprint density at radius 2 is 2.18 bits per heavy atom. The largest absolute Gasteiger partial charge is 0.303 e. The summed E-state index contributed by atoms with van der Waals surface area (Å²) >= 11 is 0. The van der Waals surface area contributed by atoms with Crippen LogP contribution in [0.2, 0.25) is 0 Å². The molecule has 1 aliphatic carbocycles. The van der Waals surface area contributed by atoms with E-state index in [0.29, 0.717) is 0 Å². The minimum absolute atomic E-state index is 0.786. The number of hydrogen-bond donors (Lipinski definition) is 0. The maximum Gasteiger partial charge on any atom is 0.00404 e. The first-order chi connectivity index (χ1) is 5.27. The smallest absolute Gasteiger partial charge is 0.00404 e. The first-order valence-corrected chi connectivity index (χ1v) is 4.99. The van der Waals surface area contributed by atoms with Crippen molar-refractivity contribution in [3.63, 3.8) is 0 Å². The van der Waals surface area contributed by atoms with Gasteiger partial charge in [-0.3, -0.25) is 0 Å². The molecule has 1 heterocycles. The normalized spacial score (nSPS) is 36.0. The highest BCUT2D eigenvalue weighted by Crippen LogP contribution is 2.55. The Morgan fingerprint density at radius 3 is 2.73 bits per heavy atom. The minimum Gasteiger partial charge on any atom is -0.303 e. The molecule has 0 amide bonds. The third-order valence-electron chi connectivity index (χ3n) is 3.80. The van der Waals surface area contributed by atoms with Crippen LogP contribution in [-0.4, -0.2) is 24.5 Å². The van der Waals surface area contributed by atoms with E-state index in [4.69, 9.17) is 0 Å². The summed E-state index contributed by atoms with van der Waals surface area (Å²) in [5.74, 6) is 1.00. The highest BCUT2D eigenvalue weighted by molar-refractivity contribution is 5.01. The van der Waals surface area contributed by atoms with Gasteiger partial charge in [-0.05, 0) is 43.7 Å². The van der Waals surface area contributed by atoms with Crippen molar-refractivity contribution in [1.29, 1.82) is 0 Å². The summed E-state index contributed by atoms with van der Waals surface area (Å²) in [6.45, 7) is 8.73.